The summed E-state index contributed by atoms with van der Waals surface area (Å²) in [6, 6.07) is 7.76. The monoisotopic (exact) mass is 302 g/mol. The Morgan fingerprint density at radius 2 is 2.10 bits per heavy atom. The Morgan fingerprint density at radius 1 is 1.33 bits per heavy atom. The molecule has 0 aromatic heterocycles. The van der Waals surface area contributed by atoms with Gasteiger partial charge in [0.05, 0.1) is 11.5 Å². The molecule has 1 aromatic rings. The largest absolute Gasteiger partial charge is 0.493 e. The standard InChI is InChI=1S/C16H18N2O2S/c1-2-20-13-8-4-3-7-12(13)11-14-15(19)17-16(21-14)18-9-5-6-10-18/h3-4,7-8,11H,2,5-6,9-10H2,1H3/b14-11+. The van der Waals surface area contributed by atoms with Crippen molar-refractivity contribution in [2.45, 2.75) is 19.8 Å². The third-order valence-corrected chi connectivity index (χ3v) is 4.54. The zero-order valence-corrected chi connectivity index (χ0v) is 12.9. The summed E-state index contributed by atoms with van der Waals surface area (Å²) in [5.41, 5.74) is 0.924. The first-order valence-corrected chi connectivity index (χ1v) is 8.09. The highest BCUT2D eigenvalue weighted by atomic mass is 32.2. The molecule has 2 aliphatic heterocycles. The molecule has 0 radical (unpaired) electrons. The van der Waals surface area contributed by atoms with E-state index in [1.807, 2.05) is 37.3 Å². The van der Waals surface area contributed by atoms with Gasteiger partial charge < -0.3 is 9.64 Å². The molecule has 0 atom stereocenters. The Hall–Kier alpha value is -1.75. The molecule has 0 saturated carbocycles. The summed E-state index contributed by atoms with van der Waals surface area (Å²) in [4.78, 5) is 19.1. The van der Waals surface area contributed by atoms with Gasteiger partial charge in [0.15, 0.2) is 5.17 Å². The van der Waals surface area contributed by atoms with E-state index in [-0.39, 0.29) is 5.91 Å². The van der Waals surface area contributed by atoms with Crippen LogP contribution in [0, 0.1) is 0 Å². The lowest BCUT2D eigenvalue weighted by atomic mass is 10.2. The van der Waals surface area contributed by atoms with E-state index in [1.54, 1.807) is 0 Å². The van der Waals surface area contributed by atoms with E-state index in [0.29, 0.717) is 11.5 Å². The smallest absolute Gasteiger partial charge is 0.286 e. The summed E-state index contributed by atoms with van der Waals surface area (Å²) in [7, 11) is 0. The Bertz CT molecular complexity index is 604. The minimum absolute atomic E-state index is 0.145. The first-order valence-electron chi connectivity index (χ1n) is 7.27. The number of likely N-dealkylation sites (tertiary alicyclic amines) is 1. The molecular formula is C16H18N2O2S. The van der Waals surface area contributed by atoms with E-state index < -0.39 is 0 Å². The van der Waals surface area contributed by atoms with E-state index >= 15 is 0 Å². The van der Waals surface area contributed by atoms with Gasteiger partial charge in [0.2, 0.25) is 0 Å². The molecule has 0 spiro atoms. The summed E-state index contributed by atoms with van der Waals surface area (Å²) in [5.74, 6) is 0.656. The van der Waals surface area contributed by atoms with Crippen LogP contribution in [0.25, 0.3) is 6.08 Å². The van der Waals surface area contributed by atoms with Gasteiger partial charge in [-0.15, -0.1) is 0 Å². The number of amidine groups is 1. The molecule has 21 heavy (non-hydrogen) atoms. The third kappa shape index (κ3) is 3.13. The quantitative estimate of drug-likeness (QED) is 0.804. The van der Waals surface area contributed by atoms with Crippen molar-refractivity contribution in [3.05, 3.63) is 34.7 Å². The molecule has 0 N–H and O–H groups in total. The van der Waals surface area contributed by atoms with Gasteiger partial charge in [-0.25, -0.2) is 0 Å². The van der Waals surface area contributed by atoms with E-state index in [4.69, 9.17) is 4.74 Å². The predicted octanol–water partition coefficient (Wildman–Crippen LogP) is 3.15. The van der Waals surface area contributed by atoms with Crippen molar-refractivity contribution < 1.29 is 9.53 Å². The van der Waals surface area contributed by atoms with Gasteiger partial charge in [-0.05, 0) is 43.7 Å². The van der Waals surface area contributed by atoms with Crippen molar-refractivity contribution >= 4 is 28.9 Å². The summed E-state index contributed by atoms with van der Waals surface area (Å²) < 4.78 is 5.60. The molecule has 1 amide bonds. The number of aliphatic imine (C=N–C) groups is 1. The molecule has 2 aliphatic rings. The van der Waals surface area contributed by atoms with Crippen LogP contribution in [0.1, 0.15) is 25.3 Å². The zero-order chi connectivity index (χ0) is 14.7. The molecule has 4 nitrogen and oxygen atoms in total. The lowest BCUT2D eigenvalue weighted by Gasteiger charge is -2.14. The minimum atomic E-state index is -0.145. The van der Waals surface area contributed by atoms with Crippen LogP contribution in [-0.4, -0.2) is 35.7 Å². The van der Waals surface area contributed by atoms with Crippen LogP contribution in [-0.2, 0) is 4.79 Å². The van der Waals surface area contributed by atoms with Crippen molar-refractivity contribution in [2.75, 3.05) is 19.7 Å². The van der Waals surface area contributed by atoms with Gasteiger partial charge in [0.25, 0.3) is 5.91 Å². The number of amides is 1. The summed E-state index contributed by atoms with van der Waals surface area (Å²) in [5, 5.41) is 0.845. The van der Waals surface area contributed by atoms with Crippen LogP contribution >= 0.6 is 11.8 Å². The highest BCUT2D eigenvalue weighted by Crippen LogP contribution is 2.33. The number of carbonyl (C=O) groups excluding carboxylic acids is 1. The number of rotatable bonds is 3. The molecular weight excluding hydrogens is 284 g/mol. The molecule has 5 heteroatoms. The number of para-hydroxylation sites is 1. The Labute approximate surface area is 128 Å². The Kier molecular flexibility index (Phi) is 4.29. The maximum atomic E-state index is 12.1. The predicted molar refractivity (Wildman–Crippen MR) is 86.4 cm³/mol. The number of benzene rings is 1. The van der Waals surface area contributed by atoms with Gasteiger partial charge in [0, 0.05) is 18.7 Å². The number of hydrogen-bond acceptors (Lipinski definition) is 4. The number of hydrogen-bond donors (Lipinski definition) is 0. The minimum Gasteiger partial charge on any atom is -0.493 e. The second-order valence-corrected chi connectivity index (χ2v) is 5.98. The highest BCUT2D eigenvalue weighted by Gasteiger charge is 2.27. The molecule has 1 aromatic carbocycles. The van der Waals surface area contributed by atoms with Crippen molar-refractivity contribution in [1.82, 2.24) is 4.90 Å². The molecule has 1 fully saturated rings. The fourth-order valence-electron chi connectivity index (χ4n) is 2.47. The van der Waals surface area contributed by atoms with Gasteiger partial charge in [-0.2, -0.15) is 4.99 Å². The average Bonchev–Trinajstić information content (AvgIpc) is 3.12. The van der Waals surface area contributed by atoms with E-state index in [2.05, 4.69) is 9.89 Å². The second-order valence-electron chi connectivity index (χ2n) is 4.98. The van der Waals surface area contributed by atoms with Crippen molar-refractivity contribution in [2.24, 2.45) is 4.99 Å². The fourth-order valence-corrected chi connectivity index (χ4v) is 3.43. The van der Waals surface area contributed by atoms with Crippen molar-refractivity contribution in [1.29, 1.82) is 0 Å². The van der Waals surface area contributed by atoms with Gasteiger partial charge >= 0.3 is 0 Å². The third-order valence-electron chi connectivity index (χ3n) is 3.49. The van der Waals surface area contributed by atoms with Crippen LogP contribution in [0.15, 0.2) is 34.2 Å². The Balaban J connectivity index is 1.80. The number of ether oxygens (including phenoxy) is 1. The lowest BCUT2D eigenvalue weighted by Crippen LogP contribution is -2.23. The zero-order valence-electron chi connectivity index (χ0n) is 12.0. The summed E-state index contributed by atoms with van der Waals surface area (Å²) >= 11 is 1.47. The molecule has 2 heterocycles. The van der Waals surface area contributed by atoms with Crippen LogP contribution in [0.4, 0.5) is 0 Å². The van der Waals surface area contributed by atoms with Gasteiger partial charge in [-0.3, -0.25) is 4.79 Å². The summed E-state index contributed by atoms with van der Waals surface area (Å²) in [6.07, 6.45) is 4.24. The molecule has 0 bridgehead atoms. The molecule has 3 rings (SSSR count). The van der Waals surface area contributed by atoms with Crippen LogP contribution in [0.5, 0.6) is 5.75 Å². The summed E-state index contributed by atoms with van der Waals surface area (Å²) in [6.45, 7) is 4.56. The number of carbonyl (C=O) groups is 1. The van der Waals surface area contributed by atoms with Crippen molar-refractivity contribution in [3.63, 3.8) is 0 Å². The van der Waals surface area contributed by atoms with Crippen LogP contribution < -0.4 is 4.74 Å². The first kappa shape index (κ1) is 14.2. The van der Waals surface area contributed by atoms with E-state index in [1.165, 1.54) is 24.6 Å². The SMILES string of the molecule is CCOc1ccccc1/C=C1/SC(N2CCCC2)=NC1=O. The normalized spacial score (nSPS) is 20.2. The first-order chi connectivity index (χ1) is 10.3. The van der Waals surface area contributed by atoms with Gasteiger partial charge in [0.1, 0.15) is 5.75 Å². The molecule has 0 aliphatic carbocycles. The topological polar surface area (TPSA) is 41.9 Å². The van der Waals surface area contributed by atoms with E-state index in [9.17, 15) is 4.79 Å². The number of thioether (sulfide) groups is 1. The number of nitrogens with zero attached hydrogens (tertiary/aromatic N) is 2. The maximum Gasteiger partial charge on any atom is 0.286 e. The molecule has 1 saturated heterocycles. The lowest BCUT2D eigenvalue weighted by molar-refractivity contribution is -0.113. The molecule has 110 valence electrons. The second kappa shape index (κ2) is 6.35. The highest BCUT2D eigenvalue weighted by molar-refractivity contribution is 8.18. The van der Waals surface area contributed by atoms with Crippen molar-refractivity contribution in [3.8, 4) is 5.75 Å². The molecule has 0 unspecified atom stereocenters. The van der Waals surface area contributed by atoms with Gasteiger partial charge in [-0.1, -0.05) is 18.2 Å². The fraction of sp³-hybridized carbons (Fsp3) is 0.375. The van der Waals surface area contributed by atoms with E-state index in [0.717, 1.165) is 29.6 Å². The van der Waals surface area contributed by atoms with Crippen LogP contribution in [0.2, 0.25) is 0 Å². The maximum absolute atomic E-state index is 12.1. The average molecular weight is 302 g/mol. The van der Waals surface area contributed by atoms with Crippen LogP contribution in [0.3, 0.4) is 0 Å². The Morgan fingerprint density at radius 3 is 2.86 bits per heavy atom.